The van der Waals surface area contributed by atoms with Crippen LogP contribution in [-0.2, 0) is 6.42 Å². The van der Waals surface area contributed by atoms with Gasteiger partial charge in [-0.3, -0.25) is 0 Å². The van der Waals surface area contributed by atoms with Crippen LogP contribution < -0.4 is 10.5 Å². The van der Waals surface area contributed by atoms with Gasteiger partial charge in [-0.2, -0.15) is 0 Å². The van der Waals surface area contributed by atoms with E-state index in [0.717, 1.165) is 31.4 Å². The minimum absolute atomic E-state index is 0.208. The second-order valence-electron chi connectivity index (χ2n) is 4.69. The first-order valence-corrected chi connectivity index (χ1v) is 6.26. The Balaban J connectivity index is 2.16. The van der Waals surface area contributed by atoms with E-state index in [1.807, 2.05) is 0 Å². The molecule has 2 atom stereocenters. The Morgan fingerprint density at radius 3 is 3.06 bits per heavy atom. The summed E-state index contributed by atoms with van der Waals surface area (Å²) in [5.74, 6) is 1.05. The van der Waals surface area contributed by atoms with Crippen LogP contribution in [0, 0.1) is 0 Å². The minimum Gasteiger partial charge on any atom is -0.490 e. The number of hydrogen-bond acceptors (Lipinski definition) is 2. The Morgan fingerprint density at radius 2 is 2.31 bits per heavy atom. The highest BCUT2D eigenvalue weighted by Crippen LogP contribution is 2.36. The standard InChI is InChI=1S/C14H21NO/c1-3-5-10(2)16-14-7-4-6-11-12(14)8-9-13(11)15/h4,6-7,10,13H,3,5,8-9,15H2,1-2H3. The van der Waals surface area contributed by atoms with Crippen LogP contribution in [0.25, 0.3) is 0 Å². The van der Waals surface area contributed by atoms with Crippen LogP contribution in [0.15, 0.2) is 18.2 Å². The van der Waals surface area contributed by atoms with E-state index < -0.39 is 0 Å². The molecule has 1 aliphatic carbocycles. The highest BCUT2D eigenvalue weighted by atomic mass is 16.5. The lowest BCUT2D eigenvalue weighted by atomic mass is 10.1. The first-order chi connectivity index (χ1) is 7.72. The minimum atomic E-state index is 0.208. The van der Waals surface area contributed by atoms with Crippen LogP contribution in [0.5, 0.6) is 5.75 Å². The predicted octanol–water partition coefficient (Wildman–Crippen LogP) is 3.20. The van der Waals surface area contributed by atoms with E-state index in [-0.39, 0.29) is 6.04 Å². The molecule has 2 unspecified atom stereocenters. The summed E-state index contributed by atoms with van der Waals surface area (Å²) in [7, 11) is 0. The van der Waals surface area contributed by atoms with Crippen molar-refractivity contribution in [2.24, 2.45) is 5.73 Å². The van der Waals surface area contributed by atoms with Gasteiger partial charge in [0.2, 0.25) is 0 Å². The van der Waals surface area contributed by atoms with E-state index in [2.05, 4.69) is 32.0 Å². The highest BCUT2D eigenvalue weighted by molar-refractivity contribution is 5.45. The van der Waals surface area contributed by atoms with E-state index in [1.54, 1.807) is 0 Å². The van der Waals surface area contributed by atoms with Crippen molar-refractivity contribution in [3.63, 3.8) is 0 Å². The number of benzene rings is 1. The second-order valence-corrected chi connectivity index (χ2v) is 4.69. The molecule has 0 amide bonds. The average molecular weight is 219 g/mol. The van der Waals surface area contributed by atoms with Crippen LogP contribution in [0.2, 0.25) is 0 Å². The smallest absolute Gasteiger partial charge is 0.123 e. The van der Waals surface area contributed by atoms with Gasteiger partial charge in [0.25, 0.3) is 0 Å². The van der Waals surface area contributed by atoms with E-state index in [1.165, 1.54) is 11.1 Å². The predicted molar refractivity (Wildman–Crippen MR) is 66.7 cm³/mol. The van der Waals surface area contributed by atoms with Crippen molar-refractivity contribution < 1.29 is 4.74 Å². The van der Waals surface area contributed by atoms with Crippen molar-refractivity contribution >= 4 is 0 Å². The van der Waals surface area contributed by atoms with E-state index >= 15 is 0 Å². The number of hydrogen-bond donors (Lipinski definition) is 1. The number of ether oxygens (including phenoxy) is 1. The molecule has 0 spiro atoms. The molecular weight excluding hydrogens is 198 g/mol. The summed E-state index contributed by atoms with van der Waals surface area (Å²) in [6.07, 6.45) is 4.68. The molecule has 1 aromatic carbocycles. The fourth-order valence-electron chi connectivity index (χ4n) is 2.45. The zero-order valence-corrected chi connectivity index (χ0v) is 10.2. The third-order valence-electron chi connectivity index (χ3n) is 3.30. The maximum Gasteiger partial charge on any atom is 0.123 e. The second kappa shape index (κ2) is 4.88. The van der Waals surface area contributed by atoms with Crippen molar-refractivity contribution in [2.45, 2.75) is 51.7 Å². The number of rotatable bonds is 4. The third-order valence-corrected chi connectivity index (χ3v) is 3.30. The fraction of sp³-hybridized carbons (Fsp3) is 0.571. The summed E-state index contributed by atoms with van der Waals surface area (Å²) in [5.41, 5.74) is 8.66. The molecule has 2 N–H and O–H groups in total. The highest BCUT2D eigenvalue weighted by Gasteiger charge is 2.22. The van der Waals surface area contributed by atoms with Crippen LogP contribution >= 0.6 is 0 Å². The molecule has 0 fully saturated rings. The number of fused-ring (bicyclic) bond motifs is 1. The van der Waals surface area contributed by atoms with Crippen LogP contribution in [0.1, 0.15) is 50.3 Å². The fourth-order valence-corrected chi connectivity index (χ4v) is 2.45. The summed E-state index contributed by atoms with van der Waals surface area (Å²) in [6.45, 7) is 4.32. The molecule has 0 bridgehead atoms. The van der Waals surface area contributed by atoms with Gasteiger partial charge in [-0.15, -0.1) is 0 Å². The van der Waals surface area contributed by atoms with Gasteiger partial charge in [0.05, 0.1) is 6.10 Å². The Kier molecular flexibility index (Phi) is 3.49. The van der Waals surface area contributed by atoms with E-state index in [4.69, 9.17) is 10.5 Å². The van der Waals surface area contributed by atoms with Gasteiger partial charge in [-0.1, -0.05) is 25.5 Å². The lowest BCUT2D eigenvalue weighted by Gasteiger charge is -2.17. The zero-order chi connectivity index (χ0) is 11.5. The van der Waals surface area contributed by atoms with Crippen molar-refractivity contribution in [3.8, 4) is 5.75 Å². The summed E-state index contributed by atoms with van der Waals surface area (Å²) < 4.78 is 5.99. The van der Waals surface area contributed by atoms with Crippen LogP contribution in [0.3, 0.4) is 0 Å². The maximum absolute atomic E-state index is 6.05. The normalized spacial score (nSPS) is 20.6. The molecule has 0 saturated carbocycles. The number of nitrogens with two attached hydrogens (primary N) is 1. The van der Waals surface area contributed by atoms with Gasteiger partial charge in [0.15, 0.2) is 0 Å². The largest absolute Gasteiger partial charge is 0.490 e. The van der Waals surface area contributed by atoms with E-state index in [9.17, 15) is 0 Å². The lowest BCUT2D eigenvalue weighted by molar-refractivity contribution is 0.208. The van der Waals surface area contributed by atoms with Crippen molar-refractivity contribution in [3.05, 3.63) is 29.3 Å². The molecule has 2 heteroatoms. The molecular formula is C14H21NO. The molecule has 88 valence electrons. The quantitative estimate of drug-likeness (QED) is 0.844. The molecule has 0 aliphatic heterocycles. The molecule has 1 aliphatic rings. The summed E-state index contributed by atoms with van der Waals surface area (Å²) in [6, 6.07) is 6.46. The SMILES string of the molecule is CCCC(C)Oc1cccc2c1CCC2N. The topological polar surface area (TPSA) is 35.2 Å². The monoisotopic (exact) mass is 219 g/mol. The Labute approximate surface area is 97.8 Å². The van der Waals surface area contributed by atoms with Gasteiger partial charge in [0.1, 0.15) is 5.75 Å². The summed E-state index contributed by atoms with van der Waals surface area (Å²) >= 11 is 0. The average Bonchev–Trinajstić information content (AvgIpc) is 2.62. The molecule has 0 radical (unpaired) electrons. The Bertz CT molecular complexity index is 362. The Morgan fingerprint density at radius 1 is 1.50 bits per heavy atom. The molecule has 0 saturated heterocycles. The van der Waals surface area contributed by atoms with Crippen molar-refractivity contribution in [2.75, 3.05) is 0 Å². The summed E-state index contributed by atoms with van der Waals surface area (Å²) in [4.78, 5) is 0. The van der Waals surface area contributed by atoms with Gasteiger partial charge in [0, 0.05) is 6.04 Å². The van der Waals surface area contributed by atoms with Gasteiger partial charge in [-0.05, 0) is 43.4 Å². The molecule has 0 aromatic heterocycles. The van der Waals surface area contributed by atoms with Gasteiger partial charge >= 0.3 is 0 Å². The van der Waals surface area contributed by atoms with Crippen LogP contribution in [-0.4, -0.2) is 6.10 Å². The van der Waals surface area contributed by atoms with Gasteiger partial charge < -0.3 is 10.5 Å². The zero-order valence-electron chi connectivity index (χ0n) is 10.2. The molecule has 2 rings (SSSR count). The van der Waals surface area contributed by atoms with Crippen LogP contribution in [0.4, 0.5) is 0 Å². The lowest BCUT2D eigenvalue weighted by Crippen LogP contribution is -2.12. The van der Waals surface area contributed by atoms with Crippen molar-refractivity contribution in [1.82, 2.24) is 0 Å². The summed E-state index contributed by atoms with van der Waals surface area (Å²) in [5, 5.41) is 0. The van der Waals surface area contributed by atoms with Gasteiger partial charge in [-0.25, -0.2) is 0 Å². The first kappa shape index (κ1) is 11.5. The molecule has 1 aromatic rings. The molecule has 16 heavy (non-hydrogen) atoms. The third kappa shape index (κ3) is 2.22. The molecule has 0 heterocycles. The Hall–Kier alpha value is -1.02. The maximum atomic E-state index is 6.05. The first-order valence-electron chi connectivity index (χ1n) is 6.26. The van der Waals surface area contributed by atoms with Crippen molar-refractivity contribution in [1.29, 1.82) is 0 Å². The van der Waals surface area contributed by atoms with E-state index in [0.29, 0.717) is 6.10 Å². The molecule has 2 nitrogen and oxygen atoms in total.